The van der Waals surface area contributed by atoms with Crippen LogP contribution < -0.4 is 4.74 Å². The van der Waals surface area contributed by atoms with Gasteiger partial charge in [-0.25, -0.2) is 8.42 Å². The lowest BCUT2D eigenvalue weighted by atomic mass is 9.86. The van der Waals surface area contributed by atoms with Gasteiger partial charge < -0.3 is 9.64 Å². The Kier molecular flexibility index (Phi) is 7.22. The van der Waals surface area contributed by atoms with Crippen LogP contribution in [-0.4, -0.2) is 56.8 Å². The highest BCUT2D eigenvalue weighted by atomic mass is 32.2. The minimum atomic E-state index is -3.70. The normalized spacial score (nSPS) is 24.0. The zero-order chi connectivity index (χ0) is 21.0. The molecule has 1 saturated heterocycles. The Bertz CT molecular complexity index is 808. The van der Waals surface area contributed by atoms with Gasteiger partial charge in [0.2, 0.25) is 10.0 Å². The topological polar surface area (TPSA) is 66.9 Å². The van der Waals surface area contributed by atoms with Crippen LogP contribution in [0.1, 0.15) is 68.6 Å². The van der Waals surface area contributed by atoms with Crippen molar-refractivity contribution in [3.8, 4) is 5.75 Å². The first kappa shape index (κ1) is 22.1. The standard InChI is InChI=1S/C22H34N2O4S/c1-17-8-11-19(12-9-17)23(2)22(25)18-10-13-20(28-3)21(16-18)29(26,27)24-14-6-4-5-7-15-24/h10,13,16-17,19H,4-9,11-12,14-15H2,1-3H3. The van der Waals surface area contributed by atoms with Crippen molar-refractivity contribution in [2.75, 3.05) is 27.2 Å². The SMILES string of the molecule is COc1ccc(C(=O)N(C)C2CCC(C)CC2)cc1S(=O)(=O)N1CCCCCC1. The molecule has 0 unspecified atom stereocenters. The van der Waals surface area contributed by atoms with Gasteiger partial charge in [0.25, 0.3) is 5.91 Å². The van der Waals surface area contributed by atoms with Crippen LogP contribution in [0.25, 0.3) is 0 Å². The van der Waals surface area contributed by atoms with Gasteiger partial charge in [0, 0.05) is 31.7 Å². The van der Waals surface area contributed by atoms with E-state index in [1.54, 1.807) is 21.3 Å². The molecule has 0 atom stereocenters. The summed E-state index contributed by atoms with van der Waals surface area (Å²) in [5.41, 5.74) is 0.403. The van der Waals surface area contributed by atoms with E-state index in [0.717, 1.165) is 51.4 Å². The van der Waals surface area contributed by atoms with E-state index < -0.39 is 10.0 Å². The molecule has 1 saturated carbocycles. The maximum Gasteiger partial charge on any atom is 0.253 e. The maximum absolute atomic E-state index is 13.3. The molecule has 2 fully saturated rings. The molecule has 1 heterocycles. The predicted octanol–water partition coefficient (Wildman–Crippen LogP) is 3.91. The van der Waals surface area contributed by atoms with E-state index in [0.29, 0.717) is 30.3 Å². The van der Waals surface area contributed by atoms with E-state index in [-0.39, 0.29) is 16.8 Å². The lowest BCUT2D eigenvalue weighted by molar-refractivity contribution is 0.0679. The molecule has 7 heteroatoms. The molecule has 0 N–H and O–H groups in total. The monoisotopic (exact) mass is 422 g/mol. The summed E-state index contributed by atoms with van der Waals surface area (Å²) in [6.45, 7) is 3.29. The Labute approximate surface area is 175 Å². The molecule has 1 aromatic rings. The van der Waals surface area contributed by atoms with Crippen LogP contribution in [0.15, 0.2) is 23.1 Å². The summed E-state index contributed by atoms with van der Waals surface area (Å²) in [6.07, 6.45) is 8.07. The Morgan fingerprint density at radius 3 is 2.28 bits per heavy atom. The second-order valence-electron chi connectivity index (χ2n) is 8.51. The summed E-state index contributed by atoms with van der Waals surface area (Å²) in [5, 5.41) is 0. The molecule has 1 amide bonds. The van der Waals surface area contributed by atoms with Crippen LogP contribution in [0.4, 0.5) is 0 Å². The van der Waals surface area contributed by atoms with Crippen molar-refractivity contribution < 1.29 is 17.9 Å². The number of hydrogen-bond donors (Lipinski definition) is 0. The van der Waals surface area contributed by atoms with E-state index in [1.807, 2.05) is 7.05 Å². The third-order valence-corrected chi connectivity index (χ3v) is 8.37. The van der Waals surface area contributed by atoms with E-state index in [4.69, 9.17) is 4.74 Å². The molecule has 0 aromatic heterocycles. The third kappa shape index (κ3) is 4.94. The molecule has 1 aromatic carbocycles. The van der Waals surface area contributed by atoms with Crippen LogP contribution in [0.2, 0.25) is 0 Å². The van der Waals surface area contributed by atoms with E-state index in [1.165, 1.54) is 13.2 Å². The summed E-state index contributed by atoms with van der Waals surface area (Å²) < 4.78 is 33.5. The summed E-state index contributed by atoms with van der Waals surface area (Å²) in [4.78, 5) is 15.0. The molecular weight excluding hydrogens is 388 g/mol. The van der Waals surface area contributed by atoms with Crippen molar-refractivity contribution in [3.63, 3.8) is 0 Å². The number of amides is 1. The number of rotatable bonds is 5. The highest BCUT2D eigenvalue weighted by Gasteiger charge is 2.31. The number of benzene rings is 1. The maximum atomic E-state index is 13.3. The van der Waals surface area contributed by atoms with Crippen molar-refractivity contribution in [1.29, 1.82) is 0 Å². The average molecular weight is 423 g/mol. The van der Waals surface area contributed by atoms with Crippen molar-refractivity contribution in [3.05, 3.63) is 23.8 Å². The summed E-state index contributed by atoms with van der Waals surface area (Å²) in [7, 11) is -0.409. The molecule has 162 valence electrons. The first-order chi connectivity index (χ1) is 13.8. The molecule has 2 aliphatic rings. The van der Waals surface area contributed by atoms with Gasteiger partial charge in [-0.05, 0) is 62.6 Å². The number of methoxy groups -OCH3 is 1. The lowest BCUT2D eigenvalue weighted by Gasteiger charge is -2.33. The van der Waals surface area contributed by atoms with Gasteiger partial charge in [-0.1, -0.05) is 19.8 Å². The molecule has 3 rings (SSSR count). The first-order valence-corrected chi connectivity index (χ1v) is 12.2. The van der Waals surface area contributed by atoms with Gasteiger partial charge in [0.1, 0.15) is 10.6 Å². The number of hydrogen-bond acceptors (Lipinski definition) is 4. The Morgan fingerprint density at radius 2 is 1.69 bits per heavy atom. The minimum Gasteiger partial charge on any atom is -0.495 e. The molecule has 0 spiro atoms. The molecular formula is C22H34N2O4S. The number of ether oxygens (including phenoxy) is 1. The molecule has 29 heavy (non-hydrogen) atoms. The van der Waals surface area contributed by atoms with Gasteiger partial charge in [0.05, 0.1) is 7.11 Å². The van der Waals surface area contributed by atoms with Crippen molar-refractivity contribution in [2.24, 2.45) is 5.92 Å². The third-order valence-electron chi connectivity index (χ3n) is 6.45. The minimum absolute atomic E-state index is 0.0958. The van der Waals surface area contributed by atoms with Crippen LogP contribution in [0.3, 0.4) is 0 Å². The predicted molar refractivity (Wildman–Crippen MR) is 114 cm³/mol. The van der Waals surface area contributed by atoms with Gasteiger partial charge in [-0.3, -0.25) is 4.79 Å². The van der Waals surface area contributed by atoms with Crippen molar-refractivity contribution in [1.82, 2.24) is 9.21 Å². The molecule has 6 nitrogen and oxygen atoms in total. The quantitative estimate of drug-likeness (QED) is 0.722. The zero-order valence-corrected chi connectivity index (χ0v) is 18.7. The van der Waals surface area contributed by atoms with Gasteiger partial charge in [-0.2, -0.15) is 4.31 Å². The van der Waals surface area contributed by atoms with Gasteiger partial charge in [-0.15, -0.1) is 0 Å². The number of sulfonamides is 1. The van der Waals surface area contributed by atoms with E-state index >= 15 is 0 Å². The van der Waals surface area contributed by atoms with Crippen LogP contribution in [-0.2, 0) is 10.0 Å². The Hall–Kier alpha value is -1.60. The summed E-state index contributed by atoms with van der Waals surface area (Å²) >= 11 is 0. The van der Waals surface area contributed by atoms with Gasteiger partial charge in [0.15, 0.2) is 0 Å². The molecule has 1 aliphatic carbocycles. The van der Waals surface area contributed by atoms with E-state index in [2.05, 4.69) is 6.92 Å². The second kappa shape index (κ2) is 9.47. The zero-order valence-electron chi connectivity index (χ0n) is 17.9. The first-order valence-electron chi connectivity index (χ1n) is 10.8. The fourth-order valence-electron chi connectivity index (χ4n) is 4.43. The van der Waals surface area contributed by atoms with Crippen LogP contribution >= 0.6 is 0 Å². The van der Waals surface area contributed by atoms with Crippen LogP contribution in [0.5, 0.6) is 5.75 Å². The van der Waals surface area contributed by atoms with Crippen molar-refractivity contribution in [2.45, 2.75) is 69.2 Å². The highest BCUT2D eigenvalue weighted by molar-refractivity contribution is 7.89. The van der Waals surface area contributed by atoms with Crippen molar-refractivity contribution >= 4 is 15.9 Å². The number of carbonyl (C=O) groups is 1. The van der Waals surface area contributed by atoms with Gasteiger partial charge >= 0.3 is 0 Å². The van der Waals surface area contributed by atoms with E-state index in [9.17, 15) is 13.2 Å². The Balaban J connectivity index is 1.87. The summed E-state index contributed by atoms with van der Waals surface area (Å²) in [6, 6.07) is 4.99. The van der Waals surface area contributed by atoms with Crippen LogP contribution in [0, 0.1) is 5.92 Å². The number of carbonyl (C=O) groups excluding carboxylic acids is 1. The lowest BCUT2D eigenvalue weighted by Crippen LogP contribution is -2.39. The molecule has 1 aliphatic heterocycles. The summed E-state index contributed by atoms with van der Waals surface area (Å²) in [5.74, 6) is 0.876. The Morgan fingerprint density at radius 1 is 1.07 bits per heavy atom. The average Bonchev–Trinajstić information content (AvgIpc) is 3.03. The smallest absolute Gasteiger partial charge is 0.253 e. The fourth-order valence-corrected chi connectivity index (χ4v) is 6.13. The highest BCUT2D eigenvalue weighted by Crippen LogP contribution is 2.31. The fraction of sp³-hybridized carbons (Fsp3) is 0.682. The number of nitrogens with zero attached hydrogens (tertiary/aromatic N) is 2. The molecule has 0 bridgehead atoms. The molecule has 0 radical (unpaired) electrons. The second-order valence-corrected chi connectivity index (χ2v) is 10.4. The largest absolute Gasteiger partial charge is 0.495 e.